The molecule has 0 radical (unpaired) electrons. The van der Waals surface area contributed by atoms with Gasteiger partial charge in [0.05, 0.1) is 24.2 Å². The first-order valence-corrected chi connectivity index (χ1v) is 11.8. The molecule has 6 atom stereocenters. The molecule has 3 rings (SSSR count). The van der Waals surface area contributed by atoms with Crippen molar-refractivity contribution in [2.75, 3.05) is 0 Å². The summed E-state index contributed by atoms with van der Waals surface area (Å²) in [5.74, 6) is 0.412. The van der Waals surface area contributed by atoms with Gasteiger partial charge in [0, 0.05) is 12.3 Å². The average Bonchev–Trinajstić information content (AvgIpc) is 2.99. The molecule has 0 spiro atoms. The van der Waals surface area contributed by atoms with E-state index in [1.165, 1.54) is 5.57 Å². The van der Waals surface area contributed by atoms with Crippen molar-refractivity contribution in [1.29, 1.82) is 0 Å². The number of aliphatic hydroxyl groups is 3. The highest BCUT2D eigenvalue weighted by atomic mass is 16.5. The highest BCUT2D eigenvalue weighted by Crippen LogP contribution is 2.58. The quantitative estimate of drug-likeness (QED) is 0.566. The Morgan fingerprint density at radius 3 is 2.71 bits per heavy atom. The second kappa shape index (κ2) is 9.21. The predicted molar refractivity (Wildman–Crippen MR) is 121 cm³/mol. The second-order valence-corrected chi connectivity index (χ2v) is 10.8. The van der Waals surface area contributed by atoms with Crippen molar-refractivity contribution in [3.63, 3.8) is 0 Å². The molecule has 5 nitrogen and oxygen atoms in total. The number of fused-ring (bicyclic) bond motifs is 1. The van der Waals surface area contributed by atoms with Gasteiger partial charge in [-0.25, -0.2) is 0 Å². The molecule has 3 fully saturated rings. The maximum Gasteiger partial charge on any atom is 0.308 e. The number of ether oxygens (including phenoxy) is 1. The maximum absolute atomic E-state index is 12.3. The van der Waals surface area contributed by atoms with Crippen LogP contribution in [0.1, 0.15) is 79.1 Å². The van der Waals surface area contributed by atoms with Crippen molar-refractivity contribution in [1.82, 2.24) is 0 Å². The van der Waals surface area contributed by atoms with Crippen molar-refractivity contribution in [3.8, 4) is 0 Å². The molecule has 0 aliphatic heterocycles. The van der Waals surface area contributed by atoms with E-state index in [1.54, 1.807) is 13.8 Å². The third kappa shape index (κ3) is 5.50. The number of hydrogen-bond acceptors (Lipinski definition) is 5. The Labute approximate surface area is 186 Å². The van der Waals surface area contributed by atoms with E-state index in [4.69, 9.17) is 4.74 Å². The molecule has 3 saturated carbocycles. The van der Waals surface area contributed by atoms with E-state index in [0.717, 1.165) is 43.3 Å². The minimum absolute atomic E-state index is 0.00448. The van der Waals surface area contributed by atoms with Gasteiger partial charge in [0.2, 0.25) is 0 Å². The number of esters is 1. The molecule has 3 aliphatic rings. The lowest BCUT2D eigenvalue weighted by Crippen LogP contribution is -2.40. The first kappa shape index (κ1) is 24.2. The standard InChI is InChI=1S/C26H40O5/c1-16-19(13-20(27)14-23(16)28)9-8-18-7-6-12-26(5)21(10-11-22(18)26)17(2)31-24(29)15-25(3,4)30/h8-9,17,20-23,27-28,30H,1,6-7,10-15H2,2-5H3/b18-8+,19-9-/t17-,20+,21+,22-,23-,26+/m0/s1. The Bertz CT molecular complexity index is 758. The van der Waals surface area contributed by atoms with Gasteiger partial charge in [-0.3, -0.25) is 4.79 Å². The van der Waals surface area contributed by atoms with Crippen LogP contribution in [0, 0.1) is 17.3 Å². The van der Waals surface area contributed by atoms with E-state index < -0.39 is 17.8 Å². The molecule has 0 heterocycles. The SMILES string of the molecule is C=C1/C(=C\C=C2/CCC[C@]3(C)[C@@H]([C@H](C)OC(=O)CC(C)(C)O)CC[C@@H]23)C[C@@H](O)C[C@@H]1O. The minimum atomic E-state index is -1.06. The Kier molecular flexibility index (Phi) is 7.19. The van der Waals surface area contributed by atoms with E-state index in [0.29, 0.717) is 24.7 Å². The molecule has 0 aromatic heterocycles. The van der Waals surface area contributed by atoms with Crippen LogP contribution in [0.15, 0.2) is 35.5 Å². The normalized spacial score (nSPS) is 37.7. The Morgan fingerprint density at radius 2 is 2.03 bits per heavy atom. The van der Waals surface area contributed by atoms with E-state index in [2.05, 4.69) is 25.7 Å². The van der Waals surface area contributed by atoms with Crippen LogP contribution in [0.3, 0.4) is 0 Å². The molecule has 0 amide bonds. The lowest BCUT2D eigenvalue weighted by Gasteiger charge is -2.44. The van der Waals surface area contributed by atoms with Gasteiger partial charge >= 0.3 is 5.97 Å². The predicted octanol–water partition coefficient (Wildman–Crippen LogP) is 4.22. The smallest absolute Gasteiger partial charge is 0.308 e. The molecule has 0 unspecified atom stereocenters. The zero-order chi connectivity index (χ0) is 23.0. The van der Waals surface area contributed by atoms with E-state index >= 15 is 0 Å². The Balaban J connectivity index is 1.73. The van der Waals surface area contributed by atoms with Crippen LogP contribution in [0.4, 0.5) is 0 Å². The largest absolute Gasteiger partial charge is 0.462 e. The first-order valence-electron chi connectivity index (χ1n) is 11.8. The fourth-order valence-electron chi connectivity index (χ4n) is 6.20. The van der Waals surface area contributed by atoms with Crippen molar-refractivity contribution in [2.24, 2.45) is 17.3 Å². The number of rotatable bonds is 5. The highest BCUT2D eigenvalue weighted by Gasteiger charge is 2.51. The lowest BCUT2D eigenvalue weighted by molar-refractivity contribution is -0.157. The molecule has 0 aromatic rings. The summed E-state index contributed by atoms with van der Waals surface area (Å²) in [5, 5.41) is 30.0. The first-order chi connectivity index (χ1) is 14.4. The Morgan fingerprint density at radius 1 is 1.32 bits per heavy atom. The summed E-state index contributed by atoms with van der Waals surface area (Å²) in [4.78, 5) is 12.3. The molecule has 31 heavy (non-hydrogen) atoms. The molecular weight excluding hydrogens is 392 g/mol. The van der Waals surface area contributed by atoms with Gasteiger partial charge in [0.15, 0.2) is 0 Å². The molecule has 3 aliphatic carbocycles. The summed E-state index contributed by atoms with van der Waals surface area (Å²) in [5.41, 5.74) is 2.10. The van der Waals surface area contributed by atoms with Gasteiger partial charge in [0.1, 0.15) is 6.10 Å². The molecular formula is C26H40O5. The van der Waals surface area contributed by atoms with E-state index in [-0.39, 0.29) is 23.9 Å². The Hall–Kier alpha value is -1.43. The zero-order valence-electron chi connectivity index (χ0n) is 19.6. The molecule has 174 valence electrons. The third-order valence-electron chi connectivity index (χ3n) is 7.76. The zero-order valence-corrected chi connectivity index (χ0v) is 19.6. The van der Waals surface area contributed by atoms with Crippen molar-refractivity contribution in [3.05, 3.63) is 35.5 Å². The van der Waals surface area contributed by atoms with E-state index in [9.17, 15) is 20.1 Å². The van der Waals surface area contributed by atoms with Gasteiger partial charge in [-0.1, -0.05) is 31.2 Å². The summed E-state index contributed by atoms with van der Waals surface area (Å²) >= 11 is 0. The molecule has 0 saturated heterocycles. The molecule has 5 heteroatoms. The fourth-order valence-corrected chi connectivity index (χ4v) is 6.20. The molecule has 0 aromatic carbocycles. The van der Waals surface area contributed by atoms with Crippen molar-refractivity contribution < 1.29 is 24.9 Å². The number of carbonyl (C=O) groups excluding carboxylic acids is 1. The van der Waals surface area contributed by atoms with Crippen LogP contribution < -0.4 is 0 Å². The molecule has 0 bridgehead atoms. The summed E-state index contributed by atoms with van der Waals surface area (Å²) in [6, 6.07) is 0. The second-order valence-electron chi connectivity index (χ2n) is 10.8. The number of carbonyl (C=O) groups is 1. The lowest BCUT2D eigenvalue weighted by atomic mass is 9.62. The van der Waals surface area contributed by atoms with Crippen LogP contribution in [0.25, 0.3) is 0 Å². The van der Waals surface area contributed by atoms with Crippen molar-refractivity contribution in [2.45, 2.75) is 103 Å². The van der Waals surface area contributed by atoms with Gasteiger partial charge in [0.25, 0.3) is 0 Å². The monoisotopic (exact) mass is 432 g/mol. The highest BCUT2D eigenvalue weighted by molar-refractivity contribution is 5.70. The summed E-state index contributed by atoms with van der Waals surface area (Å²) < 4.78 is 5.76. The minimum Gasteiger partial charge on any atom is -0.462 e. The van der Waals surface area contributed by atoms with Gasteiger partial charge < -0.3 is 20.1 Å². The maximum atomic E-state index is 12.3. The van der Waals surface area contributed by atoms with Crippen LogP contribution in [0.2, 0.25) is 0 Å². The summed E-state index contributed by atoms with van der Waals surface area (Å²) in [6.45, 7) is 11.6. The summed E-state index contributed by atoms with van der Waals surface area (Å²) in [7, 11) is 0. The number of allylic oxidation sites excluding steroid dienone is 3. The van der Waals surface area contributed by atoms with Crippen LogP contribution in [-0.2, 0) is 9.53 Å². The van der Waals surface area contributed by atoms with Gasteiger partial charge in [-0.05, 0) is 81.8 Å². The van der Waals surface area contributed by atoms with Crippen molar-refractivity contribution >= 4 is 5.97 Å². The molecule has 3 N–H and O–H groups in total. The third-order valence-corrected chi connectivity index (χ3v) is 7.76. The van der Waals surface area contributed by atoms with Gasteiger partial charge in [-0.15, -0.1) is 0 Å². The average molecular weight is 433 g/mol. The van der Waals surface area contributed by atoms with Crippen LogP contribution >= 0.6 is 0 Å². The number of hydrogen-bond donors (Lipinski definition) is 3. The van der Waals surface area contributed by atoms with Crippen LogP contribution in [0.5, 0.6) is 0 Å². The van der Waals surface area contributed by atoms with Gasteiger partial charge in [-0.2, -0.15) is 0 Å². The van der Waals surface area contributed by atoms with E-state index in [1.807, 2.05) is 6.92 Å². The number of aliphatic hydroxyl groups excluding tert-OH is 2. The topological polar surface area (TPSA) is 87.0 Å². The summed E-state index contributed by atoms with van der Waals surface area (Å²) in [6.07, 6.45) is 9.18. The van der Waals surface area contributed by atoms with Crippen LogP contribution in [-0.4, -0.2) is 45.2 Å². The fraction of sp³-hybridized carbons (Fsp3) is 0.731.